The van der Waals surface area contributed by atoms with E-state index in [2.05, 4.69) is 5.23 Å². The maximum atomic E-state index is 11.8. The summed E-state index contributed by atoms with van der Waals surface area (Å²) in [5.41, 5.74) is 0. The summed E-state index contributed by atoms with van der Waals surface area (Å²) < 4.78 is 0. The minimum Gasteiger partial charge on any atom is -0.342 e. The maximum Gasteiger partial charge on any atom is 0.278 e. The minimum absolute atomic E-state index is 0.159. The number of rotatable bonds is 7. The molecule has 2 atom stereocenters. The molecular formula is C9H19BN2O3. The second kappa shape index (κ2) is 7.42. The van der Waals surface area contributed by atoms with Crippen molar-refractivity contribution in [2.45, 2.75) is 26.3 Å². The quantitative estimate of drug-likeness (QED) is 0.354. The van der Waals surface area contributed by atoms with Crippen LogP contribution in [0.4, 0.5) is 0 Å². The van der Waals surface area contributed by atoms with Crippen LogP contribution in [0.3, 0.4) is 0 Å². The Morgan fingerprint density at radius 3 is 2.67 bits per heavy atom. The molecule has 0 aliphatic heterocycles. The molecule has 0 fully saturated rings. The topological polar surface area (TPSA) is 58.6 Å². The van der Waals surface area contributed by atoms with Crippen LogP contribution in [-0.2, 0) is 14.4 Å². The van der Waals surface area contributed by atoms with Gasteiger partial charge in [0.1, 0.15) is 0 Å². The normalized spacial score (nSPS) is 14.1. The van der Waals surface area contributed by atoms with E-state index in [1.807, 2.05) is 13.8 Å². The molecular weight excluding hydrogens is 195 g/mol. The molecule has 5 nitrogen and oxygen atoms in total. The molecule has 0 bridgehead atoms. The van der Waals surface area contributed by atoms with Crippen LogP contribution < -0.4 is 5.23 Å². The lowest BCUT2D eigenvalue weighted by Gasteiger charge is -2.26. The Hall–Kier alpha value is -0.875. The van der Waals surface area contributed by atoms with E-state index in [9.17, 15) is 9.59 Å². The highest BCUT2D eigenvalue weighted by Crippen LogP contribution is 2.09. The van der Waals surface area contributed by atoms with Crippen LogP contribution in [-0.4, -0.2) is 44.8 Å². The van der Waals surface area contributed by atoms with E-state index in [0.717, 1.165) is 12.6 Å². The monoisotopic (exact) mass is 214 g/mol. The van der Waals surface area contributed by atoms with Crippen LogP contribution in [0, 0.1) is 5.92 Å². The Morgan fingerprint density at radius 2 is 2.27 bits per heavy atom. The minimum atomic E-state index is -0.370. The standard InChI is InChI=1S/C9H19BN2O3/c1-5-7(2)8(11-10-6-13)9(14)12(3)15-4/h6-8,10-11H,5H2,1-4H3/t7-,8-/m0/s1. The average molecular weight is 214 g/mol. The van der Waals surface area contributed by atoms with Gasteiger partial charge in [0.2, 0.25) is 0 Å². The van der Waals surface area contributed by atoms with Gasteiger partial charge in [-0.2, -0.15) is 0 Å². The molecule has 0 radical (unpaired) electrons. The summed E-state index contributed by atoms with van der Waals surface area (Å²) in [5, 5.41) is 4.07. The van der Waals surface area contributed by atoms with Crippen molar-refractivity contribution in [3.63, 3.8) is 0 Å². The highest BCUT2D eigenvalue weighted by molar-refractivity contribution is 6.64. The third-order valence-electron chi connectivity index (χ3n) is 2.48. The predicted octanol–water partition coefficient (Wildman–Crippen LogP) is -0.448. The van der Waals surface area contributed by atoms with Crippen molar-refractivity contribution >= 4 is 19.5 Å². The van der Waals surface area contributed by atoms with Crippen LogP contribution in [0.15, 0.2) is 0 Å². The fraction of sp³-hybridized carbons (Fsp3) is 0.778. The Balaban J connectivity index is 4.46. The molecule has 15 heavy (non-hydrogen) atoms. The summed E-state index contributed by atoms with van der Waals surface area (Å²) in [4.78, 5) is 26.9. The number of hydrogen-bond acceptors (Lipinski definition) is 4. The first-order chi connectivity index (χ1) is 7.08. The molecule has 0 unspecified atom stereocenters. The molecule has 0 aliphatic carbocycles. The molecule has 1 N–H and O–H groups in total. The SMILES string of the molecule is CC[C@H](C)[C@H](NBC=O)C(=O)N(C)OC. The molecule has 0 rings (SSSR count). The van der Waals surface area contributed by atoms with Crippen molar-refractivity contribution in [3.05, 3.63) is 0 Å². The van der Waals surface area contributed by atoms with E-state index in [-0.39, 0.29) is 25.3 Å². The Labute approximate surface area is 91.4 Å². The van der Waals surface area contributed by atoms with Crippen LogP contribution in [0.5, 0.6) is 0 Å². The summed E-state index contributed by atoms with van der Waals surface area (Å²) in [7, 11) is 3.17. The van der Waals surface area contributed by atoms with E-state index >= 15 is 0 Å². The Bertz CT molecular complexity index is 214. The smallest absolute Gasteiger partial charge is 0.278 e. The lowest BCUT2D eigenvalue weighted by atomic mass is 9.90. The van der Waals surface area contributed by atoms with Gasteiger partial charge in [-0.1, -0.05) is 20.3 Å². The van der Waals surface area contributed by atoms with E-state index in [4.69, 9.17) is 4.84 Å². The fourth-order valence-corrected chi connectivity index (χ4v) is 1.23. The number of hydroxylamine groups is 2. The third-order valence-corrected chi connectivity index (χ3v) is 2.48. The number of nitrogens with zero attached hydrogens (tertiary/aromatic N) is 1. The van der Waals surface area contributed by atoms with E-state index in [1.165, 1.54) is 12.2 Å². The molecule has 0 spiro atoms. The molecule has 0 saturated carbocycles. The molecule has 6 heteroatoms. The van der Waals surface area contributed by atoms with Gasteiger partial charge >= 0.3 is 0 Å². The molecule has 1 amide bonds. The van der Waals surface area contributed by atoms with E-state index < -0.39 is 0 Å². The fourth-order valence-electron chi connectivity index (χ4n) is 1.23. The van der Waals surface area contributed by atoms with Gasteiger partial charge in [-0.3, -0.25) is 9.63 Å². The zero-order valence-corrected chi connectivity index (χ0v) is 9.82. The molecule has 0 heterocycles. The van der Waals surface area contributed by atoms with Crippen molar-refractivity contribution in [1.82, 2.24) is 10.3 Å². The molecule has 0 aromatic carbocycles. The number of likely N-dealkylation sites (N-methyl/N-ethyl adjacent to an activating group) is 1. The second-order valence-electron chi connectivity index (χ2n) is 3.46. The first-order valence-electron chi connectivity index (χ1n) is 5.07. The summed E-state index contributed by atoms with van der Waals surface area (Å²) in [5.74, 6) is 0.00347. The summed E-state index contributed by atoms with van der Waals surface area (Å²) in [6, 6.07) is -0.370. The van der Waals surface area contributed by atoms with Crippen LogP contribution in [0.25, 0.3) is 0 Å². The third kappa shape index (κ3) is 4.44. The number of hydrogen-bond donors (Lipinski definition) is 1. The summed E-state index contributed by atoms with van der Waals surface area (Å²) in [6.07, 6.45) is 1.61. The van der Waals surface area contributed by atoms with Gasteiger partial charge in [0.25, 0.3) is 13.3 Å². The highest BCUT2D eigenvalue weighted by atomic mass is 16.7. The summed E-state index contributed by atoms with van der Waals surface area (Å²) in [6.45, 7) is 3.96. The molecule has 86 valence electrons. The Kier molecular flexibility index (Phi) is 6.99. The van der Waals surface area contributed by atoms with Crippen LogP contribution in [0.2, 0.25) is 0 Å². The zero-order chi connectivity index (χ0) is 11.8. The second-order valence-corrected chi connectivity index (χ2v) is 3.46. The largest absolute Gasteiger partial charge is 0.342 e. The lowest BCUT2D eigenvalue weighted by Crippen LogP contribution is -2.49. The molecule has 0 aromatic heterocycles. The number of nitrogens with one attached hydrogen (secondary N) is 1. The number of amides is 1. The van der Waals surface area contributed by atoms with Crippen LogP contribution >= 0.6 is 0 Å². The Morgan fingerprint density at radius 1 is 1.67 bits per heavy atom. The highest BCUT2D eigenvalue weighted by Gasteiger charge is 2.26. The van der Waals surface area contributed by atoms with E-state index in [1.54, 1.807) is 7.05 Å². The zero-order valence-electron chi connectivity index (χ0n) is 9.82. The number of carbonyl (C=O) groups excluding carboxylic acids is 2. The maximum absolute atomic E-state index is 11.8. The summed E-state index contributed by atoms with van der Waals surface area (Å²) >= 11 is 0. The van der Waals surface area contributed by atoms with Gasteiger partial charge < -0.3 is 10.0 Å². The molecule has 0 saturated heterocycles. The van der Waals surface area contributed by atoms with Crippen molar-refractivity contribution in [3.8, 4) is 0 Å². The van der Waals surface area contributed by atoms with Gasteiger partial charge in [0.15, 0.2) is 0 Å². The lowest BCUT2D eigenvalue weighted by molar-refractivity contribution is -0.171. The van der Waals surface area contributed by atoms with Gasteiger partial charge in [-0.05, 0) is 5.92 Å². The van der Waals surface area contributed by atoms with E-state index in [0.29, 0.717) is 0 Å². The van der Waals surface area contributed by atoms with Crippen molar-refractivity contribution < 1.29 is 14.4 Å². The first-order valence-corrected chi connectivity index (χ1v) is 5.07. The van der Waals surface area contributed by atoms with Crippen LogP contribution in [0.1, 0.15) is 20.3 Å². The van der Waals surface area contributed by atoms with Gasteiger partial charge in [0.05, 0.1) is 19.3 Å². The number of carbonyl (C=O) groups is 2. The van der Waals surface area contributed by atoms with Gasteiger partial charge in [-0.15, -0.1) is 0 Å². The van der Waals surface area contributed by atoms with Crippen molar-refractivity contribution in [2.75, 3.05) is 14.2 Å². The average Bonchev–Trinajstić information content (AvgIpc) is 2.27. The van der Waals surface area contributed by atoms with Gasteiger partial charge in [0, 0.05) is 7.05 Å². The predicted molar refractivity (Wildman–Crippen MR) is 60.1 cm³/mol. The van der Waals surface area contributed by atoms with Gasteiger partial charge in [-0.25, -0.2) is 5.06 Å². The molecule has 0 aliphatic rings. The van der Waals surface area contributed by atoms with Crippen molar-refractivity contribution in [2.24, 2.45) is 5.92 Å². The van der Waals surface area contributed by atoms with Crippen molar-refractivity contribution in [1.29, 1.82) is 0 Å². The first kappa shape index (κ1) is 14.1. The molecule has 0 aromatic rings.